The molecule has 0 unspecified atom stereocenters. The minimum absolute atomic E-state index is 0.0332. The Labute approximate surface area is 135 Å². The Bertz CT molecular complexity index is 614. The number of halogens is 1. The van der Waals surface area contributed by atoms with Crippen LogP contribution in [-0.4, -0.2) is 19.1 Å². The highest BCUT2D eigenvalue weighted by atomic mass is 35.5. The lowest BCUT2D eigenvalue weighted by atomic mass is 10.2. The van der Waals surface area contributed by atoms with Crippen LogP contribution in [0.4, 0.5) is 0 Å². The molecule has 2 aromatic carbocycles. The molecule has 0 aliphatic heterocycles. The third-order valence-corrected chi connectivity index (χ3v) is 3.12. The quantitative estimate of drug-likeness (QED) is 0.850. The molecule has 2 aromatic rings. The van der Waals surface area contributed by atoms with Gasteiger partial charge in [0.15, 0.2) is 6.61 Å². The maximum absolute atomic E-state index is 11.8. The second kappa shape index (κ2) is 8.29. The minimum atomic E-state index is -0.186. The fourth-order valence-electron chi connectivity index (χ4n) is 1.85. The van der Waals surface area contributed by atoms with Crippen molar-refractivity contribution in [2.24, 2.45) is 0 Å². The normalized spacial score (nSPS) is 10.1. The first-order valence-corrected chi connectivity index (χ1v) is 7.42. The molecule has 0 saturated carbocycles. The van der Waals surface area contributed by atoms with Gasteiger partial charge in [0.2, 0.25) is 0 Å². The fraction of sp³-hybridized carbons (Fsp3) is 0.235. The molecular formula is C17H18ClNO3. The molecule has 116 valence electrons. The number of rotatable bonds is 7. The van der Waals surface area contributed by atoms with Gasteiger partial charge in [-0.15, -0.1) is 0 Å². The summed E-state index contributed by atoms with van der Waals surface area (Å²) in [6.07, 6.45) is 0. The molecule has 0 spiro atoms. The third-order valence-electron chi connectivity index (χ3n) is 2.88. The van der Waals surface area contributed by atoms with Gasteiger partial charge >= 0.3 is 0 Å². The average molecular weight is 320 g/mol. The summed E-state index contributed by atoms with van der Waals surface area (Å²) in [7, 11) is 0. The number of amides is 1. The Morgan fingerprint density at radius 2 is 1.77 bits per heavy atom. The summed E-state index contributed by atoms with van der Waals surface area (Å²) in [5, 5.41) is 3.43. The van der Waals surface area contributed by atoms with Crippen LogP contribution >= 0.6 is 11.6 Å². The number of carbonyl (C=O) groups excluding carboxylic acids is 1. The van der Waals surface area contributed by atoms with Crippen LogP contribution < -0.4 is 14.8 Å². The van der Waals surface area contributed by atoms with E-state index in [1.807, 2.05) is 37.3 Å². The summed E-state index contributed by atoms with van der Waals surface area (Å²) < 4.78 is 10.8. The number of nitrogens with one attached hydrogen (secondary N) is 1. The summed E-state index contributed by atoms with van der Waals surface area (Å²) in [6.45, 7) is 2.93. The van der Waals surface area contributed by atoms with E-state index in [2.05, 4.69) is 5.32 Å². The average Bonchev–Trinajstić information content (AvgIpc) is 2.53. The minimum Gasteiger partial charge on any atom is -0.494 e. The van der Waals surface area contributed by atoms with Gasteiger partial charge in [-0.3, -0.25) is 4.79 Å². The molecule has 0 saturated heterocycles. The number of hydrogen-bond donors (Lipinski definition) is 1. The van der Waals surface area contributed by atoms with Crippen molar-refractivity contribution in [3.8, 4) is 11.5 Å². The van der Waals surface area contributed by atoms with E-state index in [0.717, 1.165) is 11.3 Å². The molecule has 0 aliphatic carbocycles. The van der Waals surface area contributed by atoms with E-state index < -0.39 is 0 Å². The molecule has 0 aliphatic rings. The van der Waals surface area contributed by atoms with Crippen molar-refractivity contribution in [1.29, 1.82) is 0 Å². The van der Waals surface area contributed by atoms with Crippen molar-refractivity contribution < 1.29 is 14.3 Å². The molecule has 2 rings (SSSR count). The summed E-state index contributed by atoms with van der Waals surface area (Å²) in [6, 6.07) is 14.5. The third kappa shape index (κ3) is 5.30. The van der Waals surface area contributed by atoms with Crippen molar-refractivity contribution in [2.75, 3.05) is 13.2 Å². The molecule has 4 nitrogen and oxygen atoms in total. The molecule has 0 fully saturated rings. The van der Waals surface area contributed by atoms with Gasteiger partial charge in [-0.1, -0.05) is 23.7 Å². The van der Waals surface area contributed by atoms with Crippen molar-refractivity contribution in [2.45, 2.75) is 13.5 Å². The molecule has 0 aromatic heterocycles. The monoisotopic (exact) mass is 319 g/mol. The molecule has 0 atom stereocenters. The van der Waals surface area contributed by atoms with Crippen molar-refractivity contribution in [1.82, 2.24) is 5.32 Å². The van der Waals surface area contributed by atoms with Crippen molar-refractivity contribution in [3.63, 3.8) is 0 Å². The lowest BCUT2D eigenvalue weighted by molar-refractivity contribution is -0.123. The van der Waals surface area contributed by atoms with Gasteiger partial charge < -0.3 is 14.8 Å². The van der Waals surface area contributed by atoms with Gasteiger partial charge in [-0.25, -0.2) is 0 Å². The van der Waals surface area contributed by atoms with Gasteiger partial charge in [0.05, 0.1) is 6.61 Å². The number of ether oxygens (including phenoxy) is 2. The molecule has 0 bridgehead atoms. The Hall–Kier alpha value is -2.20. The molecule has 5 heteroatoms. The molecule has 0 radical (unpaired) electrons. The zero-order chi connectivity index (χ0) is 15.8. The topological polar surface area (TPSA) is 47.6 Å². The Morgan fingerprint density at radius 3 is 2.41 bits per heavy atom. The second-order valence-electron chi connectivity index (χ2n) is 4.60. The molecule has 22 heavy (non-hydrogen) atoms. The second-order valence-corrected chi connectivity index (χ2v) is 5.04. The highest BCUT2D eigenvalue weighted by Crippen LogP contribution is 2.17. The highest BCUT2D eigenvalue weighted by molar-refractivity contribution is 6.30. The highest BCUT2D eigenvalue weighted by Gasteiger charge is 2.03. The molecular weight excluding hydrogens is 302 g/mol. The summed E-state index contributed by atoms with van der Waals surface area (Å²) in [4.78, 5) is 11.8. The van der Waals surface area contributed by atoms with Crippen LogP contribution in [0.3, 0.4) is 0 Å². The van der Waals surface area contributed by atoms with Gasteiger partial charge in [-0.05, 0) is 48.9 Å². The lowest BCUT2D eigenvalue weighted by Gasteiger charge is -2.09. The first-order chi connectivity index (χ1) is 10.7. The van der Waals surface area contributed by atoms with Crippen LogP contribution in [-0.2, 0) is 11.3 Å². The Kier molecular flexibility index (Phi) is 6.10. The van der Waals surface area contributed by atoms with Crippen LogP contribution in [0.15, 0.2) is 48.5 Å². The van der Waals surface area contributed by atoms with Crippen LogP contribution in [0.25, 0.3) is 0 Å². The van der Waals surface area contributed by atoms with Crippen molar-refractivity contribution in [3.05, 3.63) is 59.1 Å². The number of hydrogen-bond acceptors (Lipinski definition) is 3. The zero-order valence-electron chi connectivity index (χ0n) is 12.3. The summed E-state index contributed by atoms with van der Waals surface area (Å²) >= 11 is 5.89. The predicted octanol–water partition coefficient (Wildman–Crippen LogP) is 3.43. The smallest absolute Gasteiger partial charge is 0.258 e. The maximum atomic E-state index is 11.8. The lowest BCUT2D eigenvalue weighted by Crippen LogP contribution is -2.28. The van der Waals surface area contributed by atoms with Gasteiger partial charge in [0.25, 0.3) is 5.91 Å². The van der Waals surface area contributed by atoms with E-state index in [4.69, 9.17) is 21.1 Å². The van der Waals surface area contributed by atoms with E-state index in [-0.39, 0.29) is 12.5 Å². The van der Waals surface area contributed by atoms with E-state index in [1.165, 1.54) is 0 Å². The molecule has 0 heterocycles. The summed E-state index contributed by atoms with van der Waals surface area (Å²) in [5.74, 6) is 1.22. The Balaban J connectivity index is 1.75. The largest absolute Gasteiger partial charge is 0.494 e. The van der Waals surface area contributed by atoms with E-state index >= 15 is 0 Å². The van der Waals surface area contributed by atoms with Crippen LogP contribution in [0, 0.1) is 0 Å². The van der Waals surface area contributed by atoms with Gasteiger partial charge in [0.1, 0.15) is 11.5 Å². The number of benzene rings is 2. The van der Waals surface area contributed by atoms with E-state index in [9.17, 15) is 4.79 Å². The zero-order valence-corrected chi connectivity index (χ0v) is 13.1. The van der Waals surface area contributed by atoms with E-state index in [1.54, 1.807) is 18.2 Å². The number of carbonyl (C=O) groups is 1. The van der Waals surface area contributed by atoms with Crippen molar-refractivity contribution >= 4 is 17.5 Å². The van der Waals surface area contributed by atoms with Crippen LogP contribution in [0.1, 0.15) is 12.5 Å². The first-order valence-electron chi connectivity index (χ1n) is 7.04. The standard InChI is InChI=1S/C17H18ClNO3/c1-2-21-15-6-8-16(9-7-15)22-12-17(20)19-11-13-4-3-5-14(18)10-13/h3-10H,2,11-12H2,1H3,(H,19,20). The van der Waals surface area contributed by atoms with Crippen LogP contribution in [0.2, 0.25) is 5.02 Å². The Morgan fingerprint density at radius 1 is 1.09 bits per heavy atom. The molecule has 1 amide bonds. The SMILES string of the molecule is CCOc1ccc(OCC(=O)NCc2cccc(Cl)c2)cc1. The summed E-state index contributed by atoms with van der Waals surface area (Å²) in [5.41, 5.74) is 0.946. The maximum Gasteiger partial charge on any atom is 0.258 e. The molecule has 1 N–H and O–H groups in total. The van der Waals surface area contributed by atoms with Gasteiger partial charge in [-0.2, -0.15) is 0 Å². The fourth-order valence-corrected chi connectivity index (χ4v) is 2.06. The first kappa shape index (κ1) is 16.2. The van der Waals surface area contributed by atoms with Crippen LogP contribution in [0.5, 0.6) is 11.5 Å². The predicted molar refractivity (Wildman–Crippen MR) is 86.4 cm³/mol. The van der Waals surface area contributed by atoms with E-state index in [0.29, 0.717) is 23.9 Å². The van der Waals surface area contributed by atoms with Gasteiger partial charge in [0, 0.05) is 11.6 Å².